The predicted octanol–water partition coefficient (Wildman–Crippen LogP) is 5.08. The Kier molecular flexibility index (Phi) is 5.88. The van der Waals surface area contributed by atoms with E-state index in [1.165, 1.54) is 12.1 Å². The minimum absolute atomic E-state index is 0.0712. The molecule has 0 unspecified atom stereocenters. The summed E-state index contributed by atoms with van der Waals surface area (Å²) in [7, 11) is 0. The third kappa shape index (κ3) is 4.61. The minimum Gasteiger partial charge on any atom is -0.384 e. The lowest BCUT2D eigenvalue weighted by atomic mass is 10.2. The van der Waals surface area contributed by atoms with E-state index in [4.69, 9.17) is 23.7 Å². The molecule has 0 saturated carbocycles. The van der Waals surface area contributed by atoms with E-state index >= 15 is 0 Å². The van der Waals surface area contributed by atoms with Crippen LogP contribution in [0.5, 0.6) is 0 Å². The zero-order valence-corrected chi connectivity index (χ0v) is 19.7. The van der Waals surface area contributed by atoms with E-state index in [2.05, 4.69) is 20.6 Å². The van der Waals surface area contributed by atoms with Crippen molar-refractivity contribution in [3.8, 4) is 5.69 Å². The molecule has 0 fully saturated rings. The number of aromatic nitrogens is 3. The number of nitrogens with one attached hydrogen (secondary N) is 2. The summed E-state index contributed by atoms with van der Waals surface area (Å²) in [6.07, 6.45) is -4.46. The maximum atomic E-state index is 13.0. The van der Waals surface area contributed by atoms with Gasteiger partial charge in [-0.25, -0.2) is 9.97 Å². The van der Waals surface area contributed by atoms with Crippen molar-refractivity contribution in [2.45, 2.75) is 6.18 Å². The van der Waals surface area contributed by atoms with Gasteiger partial charge in [0.2, 0.25) is 0 Å². The number of amides is 1. The number of carbonyl (C=O) groups excluding carboxylic acids is 1. The number of rotatable bonds is 4. The van der Waals surface area contributed by atoms with Crippen LogP contribution < -0.4 is 22.1 Å². The highest BCUT2D eigenvalue weighted by Gasteiger charge is 2.30. The summed E-state index contributed by atoms with van der Waals surface area (Å²) in [5.41, 5.74) is 14.4. The molecule has 0 bridgehead atoms. The van der Waals surface area contributed by atoms with Gasteiger partial charge in [-0.1, -0.05) is 18.2 Å². The zero-order chi connectivity index (χ0) is 26.3. The number of primary amides is 1. The van der Waals surface area contributed by atoms with Crippen molar-refractivity contribution < 1.29 is 18.0 Å². The van der Waals surface area contributed by atoms with Gasteiger partial charge in [-0.05, 0) is 66.8 Å². The van der Waals surface area contributed by atoms with E-state index in [-0.39, 0.29) is 27.7 Å². The van der Waals surface area contributed by atoms with Crippen molar-refractivity contribution in [1.29, 1.82) is 0 Å². The first kappa shape index (κ1) is 24.0. The van der Waals surface area contributed by atoms with Gasteiger partial charge in [0.05, 0.1) is 16.6 Å². The van der Waals surface area contributed by atoms with Gasteiger partial charge >= 0.3 is 6.18 Å². The smallest absolute Gasteiger partial charge is 0.384 e. The molecular formula is C25H18F3N7OS. The largest absolute Gasteiger partial charge is 0.416 e. The van der Waals surface area contributed by atoms with Crippen molar-refractivity contribution in [3.05, 3.63) is 83.9 Å². The summed E-state index contributed by atoms with van der Waals surface area (Å²) in [6.45, 7) is 0. The monoisotopic (exact) mass is 521 g/mol. The fraction of sp³-hybridized carbons (Fsp3) is 0.0400. The maximum absolute atomic E-state index is 13.0. The van der Waals surface area contributed by atoms with E-state index in [1.807, 2.05) is 12.1 Å². The van der Waals surface area contributed by atoms with Gasteiger partial charge < -0.3 is 22.1 Å². The lowest BCUT2D eigenvalue weighted by molar-refractivity contribution is -0.137. The number of fused-ring (bicyclic) bond motifs is 2. The van der Waals surface area contributed by atoms with Crippen LogP contribution in [0.15, 0.2) is 72.8 Å². The molecule has 6 N–H and O–H groups in total. The van der Waals surface area contributed by atoms with E-state index in [0.29, 0.717) is 28.1 Å². The molecule has 12 heteroatoms. The number of alkyl halides is 3. The van der Waals surface area contributed by atoms with Crippen LogP contribution in [0.2, 0.25) is 0 Å². The standard InChI is InChI=1S/C25H18F3N7OS/c26-25(27,28)13-4-3-5-15(12-13)32-24(37)31-14-8-10-16(11-9-14)35-21(29)19(22(30)36)20-23(35)34-18-7-2-1-6-17(18)33-20/h1-12H,29H2,(H2,30,36)(H2,31,32,37). The second-order valence-corrected chi connectivity index (χ2v) is 8.46. The molecule has 2 heterocycles. The molecule has 37 heavy (non-hydrogen) atoms. The average molecular weight is 522 g/mol. The summed E-state index contributed by atoms with van der Waals surface area (Å²) >= 11 is 5.24. The van der Waals surface area contributed by atoms with Crippen LogP contribution in [0, 0.1) is 0 Å². The van der Waals surface area contributed by atoms with Gasteiger partial charge in [-0.2, -0.15) is 13.2 Å². The fourth-order valence-corrected chi connectivity index (χ4v) is 4.16. The molecule has 0 radical (unpaired) electrons. The van der Waals surface area contributed by atoms with Crippen LogP contribution in [0.3, 0.4) is 0 Å². The first-order valence-electron chi connectivity index (χ1n) is 10.8. The second-order valence-electron chi connectivity index (χ2n) is 8.05. The Hall–Kier alpha value is -4.71. The van der Waals surface area contributed by atoms with Crippen molar-refractivity contribution in [2.75, 3.05) is 16.4 Å². The Morgan fingerprint density at radius 1 is 0.892 bits per heavy atom. The van der Waals surface area contributed by atoms with Crippen molar-refractivity contribution in [2.24, 2.45) is 5.73 Å². The number of nitrogens with zero attached hydrogens (tertiary/aromatic N) is 3. The van der Waals surface area contributed by atoms with Crippen LogP contribution in [-0.2, 0) is 6.18 Å². The minimum atomic E-state index is -4.46. The summed E-state index contributed by atoms with van der Waals surface area (Å²) in [5, 5.41) is 5.77. The number of nitrogens with two attached hydrogens (primary N) is 2. The SMILES string of the molecule is NC(=O)c1c(N)n(-c2ccc(NC(=S)Nc3cccc(C(F)(F)F)c3)cc2)c2nc3ccccc3nc12. The molecule has 0 aliphatic carbocycles. The number of nitrogen functional groups attached to an aromatic ring is 1. The van der Waals surface area contributed by atoms with E-state index in [0.717, 1.165) is 12.1 Å². The van der Waals surface area contributed by atoms with Crippen molar-refractivity contribution in [1.82, 2.24) is 14.5 Å². The third-order valence-electron chi connectivity index (χ3n) is 5.58. The van der Waals surface area contributed by atoms with Crippen LogP contribution in [0.1, 0.15) is 15.9 Å². The number of hydrogen-bond donors (Lipinski definition) is 4. The lowest BCUT2D eigenvalue weighted by Gasteiger charge is -2.13. The third-order valence-corrected chi connectivity index (χ3v) is 5.78. The normalized spacial score (nSPS) is 11.5. The van der Waals surface area contributed by atoms with E-state index in [1.54, 1.807) is 41.0 Å². The number of thiocarbonyl (C=S) groups is 1. The van der Waals surface area contributed by atoms with Gasteiger partial charge in [0.15, 0.2) is 10.8 Å². The molecule has 5 rings (SSSR count). The number of carbonyl (C=O) groups is 1. The molecular weight excluding hydrogens is 503 g/mol. The molecule has 0 aliphatic heterocycles. The number of para-hydroxylation sites is 2. The average Bonchev–Trinajstić information content (AvgIpc) is 3.13. The maximum Gasteiger partial charge on any atom is 0.416 e. The second kappa shape index (κ2) is 9.06. The number of halogens is 3. The van der Waals surface area contributed by atoms with E-state index < -0.39 is 17.6 Å². The van der Waals surface area contributed by atoms with Crippen molar-refractivity contribution >= 4 is 62.6 Å². The fourth-order valence-electron chi connectivity index (χ4n) is 3.93. The Bertz CT molecular complexity index is 1680. The Balaban J connectivity index is 1.43. The van der Waals surface area contributed by atoms with Crippen LogP contribution in [-0.4, -0.2) is 25.6 Å². The first-order valence-corrected chi connectivity index (χ1v) is 11.2. The van der Waals surface area contributed by atoms with Crippen LogP contribution in [0.4, 0.5) is 30.4 Å². The number of benzene rings is 3. The summed E-state index contributed by atoms with van der Waals surface area (Å²) in [5.74, 6) is -0.629. The van der Waals surface area contributed by atoms with Gasteiger partial charge in [0, 0.05) is 17.1 Å². The summed E-state index contributed by atoms with van der Waals surface area (Å²) < 4.78 is 40.5. The number of hydrogen-bond acceptors (Lipinski definition) is 5. The molecule has 0 atom stereocenters. The van der Waals surface area contributed by atoms with Crippen molar-refractivity contribution in [3.63, 3.8) is 0 Å². The Morgan fingerprint density at radius 2 is 1.54 bits per heavy atom. The Labute approximate surface area is 213 Å². The van der Waals surface area contributed by atoms with Crippen LogP contribution in [0.25, 0.3) is 27.9 Å². The zero-order valence-electron chi connectivity index (χ0n) is 18.9. The molecule has 0 aliphatic rings. The highest BCUT2D eigenvalue weighted by Crippen LogP contribution is 2.32. The topological polar surface area (TPSA) is 124 Å². The van der Waals surface area contributed by atoms with E-state index in [9.17, 15) is 18.0 Å². The summed E-state index contributed by atoms with van der Waals surface area (Å²) in [6, 6.07) is 18.7. The molecule has 186 valence electrons. The Morgan fingerprint density at radius 3 is 2.19 bits per heavy atom. The lowest BCUT2D eigenvalue weighted by Crippen LogP contribution is -2.19. The molecule has 1 amide bonds. The number of anilines is 3. The van der Waals surface area contributed by atoms with Gasteiger partial charge in [-0.15, -0.1) is 0 Å². The molecule has 0 saturated heterocycles. The molecule has 0 spiro atoms. The quantitative estimate of drug-likeness (QED) is 0.243. The van der Waals surface area contributed by atoms with Crippen LogP contribution >= 0.6 is 12.2 Å². The van der Waals surface area contributed by atoms with Gasteiger partial charge in [0.1, 0.15) is 16.9 Å². The summed E-state index contributed by atoms with van der Waals surface area (Å²) in [4.78, 5) is 21.4. The van der Waals surface area contributed by atoms with Gasteiger partial charge in [0.25, 0.3) is 5.91 Å². The molecule has 3 aromatic carbocycles. The highest BCUT2D eigenvalue weighted by atomic mass is 32.1. The van der Waals surface area contributed by atoms with Gasteiger partial charge in [-0.3, -0.25) is 9.36 Å². The highest BCUT2D eigenvalue weighted by molar-refractivity contribution is 7.80. The predicted molar refractivity (Wildman–Crippen MR) is 141 cm³/mol. The molecule has 2 aromatic heterocycles. The molecule has 8 nitrogen and oxygen atoms in total. The molecule has 5 aromatic rings. The first-order chi connectivity index (χ1) is 17.6.